The van der Waals surface area contributed by atoms with Gasteiger partial charge < -0.3 is 32.1 Å². The van der Waals surface area contributed by atoms with Crippen molar-refractivity contribution in [3.8, 4) is 0 Å². The summed E-state index contributed by atoms with van der Waals surface area (Å²) in [5.41, 5.74) is 12.5. The summed E-state index contributed by atoms with van der Waals surface area (Å²) in [6.07, 6.45) is 14.8. The Labute approximate surface area is 271 Å². The van der Waals surface area contributed by atoms with Crippen LogP contribution in [0.1, 0.15) is 117 Å². The maximum atomic E-state index is 13.2. The predicted octanol–water partition coefficient (Wildman–Crippen LogP) is 3.71. The summed E-state index contributed by atoms with van der Waals surface area (Å²) < 4.78 is 0. The van der Waals surface area contributed by atoms with Gasteiger partial charge >= 0.3 is 0 Å². The number of carbonyl (C=O) groups is 3. The Kier molecular flexibility index (Phi) is 10.9. The van der Waals surface area contributed by atoms with Gasteiger partial charge in [0.25, 0.3) is 0 Å². The molecule has 3 amide bonds. The zero-order valence-corrected chi connectivity index (χ0v) is 28.6. The van der Waals surface area contributed by atoms with Crippen LogP contribution in [0.25, 0.3) is 0 Å². The quantitative estimate of drug-likeness (QED) is 0.220. The van der Waals surface area contributed by atoms with E-state index >= 15 is 0 Å². The first-order valence-corrected chi connectivity index (χ1v) is 18.4. The minimum absolute atomic E-state index is 0.0122. The normalized spacial score (nSPS) is 40.6. The number of aliphatic hydroxyl groups excluding tert-OH is 1. The number of aliphatic hydroxyl groups is 1. The molecule has 0 spiro atoms. The van der Waals surface area contributed by atoms with E-state index in [4.69, 9.17) is 11.5 Å². The molecule has 4 aliphatic carbocycles. The van der Waals surface area contributed by atoms with Crippen molar-refractivity contribution in [2.75, 3.05) is 20.1 Å². The number of amides is 3. The van der Waals surface area contributed by atoms with Gasteiger partial charge in [0, 0.05) is 26.1 Å². The minimum Gasteiger partial charge on any atom is -0.393 e. The van der Waals surface area contributed by atoms with Gasteiger partial charge in [-0.3, -0.25) is 14.4 Å². The number of nitrogens with zero attached hydrogens (tertiary/aromatic N) is 1. The second-order valence-electron chi connectivity index (χ2n) is 16.3. The van der Waals surface area contributed by atoms with Gasteiger partial charge in [-0.1, -0.05) is 27.2 Å². The largest absolute Gasteiger partial charge is 0.393 e. The van der Waals surface area contributed by atoms with E-state index in [1.807, 2.05) is 0 Å². The van der Waals surface area contributed by atoms with Crippen LogP contribution in [0.5, 0.6) is 0 Å². The Morgan fingerprint density at radius 1 is 0.956 bits per heavy atom. The minimum atomic E-state index is -0.667. The number of likely N-dealkylation sites (N-methyl/N-ethyl adjacent to an activating group) is 1. The number of carbonyl (C=O) groups excluding carboxylic acids is 3. The van der Waals surface area contributed by atoms with E-state index in [0.717, 1.165) is 49.9 Å². The first-order chi connectivity index (χ1) is 21.4. The van der Waals surface area contributed by atoms with E-state index in [1.54, 1.807) is 11.9 Å². The third kappa shape index (κ3) is 6.83. The Balaban J connectivity index is 1.14. The molecule has 5 fully saturated rings. The lowest BCUT2D eigenvalue weighted by molar-refractivity contribution is -0.139. The van der Waals surface area contributed by atoms with Crippen molar-refractivity contribution in [3.63, 3.8) is 0 Å². The number of unbranched alkanes of at least 4 members (excludes halogenated alkanes) is 1. The van der Waals surface area contributed by atoms with Crippen LogP contribution in [0, 0.1) is 46.3 Å². The molecule has 5 rings (SSSR count). The topological polar surface area (TPSA) is 151 Å². The summed E-state index contributed by atoms with van der Waals surface area (Å²) in [5.74, 6) is 3.79. The summed E-state index contributed by atoms with van der Waals surface area (Å²) >= 11 is 0. The molecule has 0 aromatic heterocycles. The number of fused-ring (bicyclic) bond motifs is 5. The van der Waals surface area contributed by atoms with Crippen molar-refractivity contribution in [1.29, 1.82) is 0 Å². The molecule has 1 saturated heterocycles. The predicted molar refractivity (Wildman–Crippen MR) is 177 cm³/mol. The second kappa shape index (κ2) is 14.2. The highest BCUT2D eigenvalue weighted by molar-refractivity contribution is 5.90. The van der Waals surface area contributed by atoms with E-state index in [9.17, 15) is 19.5 Å². The summed E-state index contributed by atoms with van der Waals surface area (Å²) in [5, 5.41) is 16.2. The molecule has 4 saturated carbocycles. The summed E-state index contributed by atoms with van der Waals surface area (Å²) in [6, 6.07) is -1.54. The van der Waals surface area contributed by atoms with Crippen LogP contribution in [0.3, 0.4) is 0 Å². The fourth-order valence-electron chi connectivity index (χ4n) is 11.5. The van der Waals surface area contributed by atoms with Crippen LogP contribution in [-0.4, -0.2) is 72.1 Å². The van der Waals surface area contributed by atoms with E-state index in [-0.39, 0.29) is 29.9 Å². The van der Waals surface area contributed by atoms with Crippen LogP contribution < -0.4 is 22.1 Å². The third-order valence-electron chi connectivity index (χ3n) is 14.0. The Bertz CT molecular complexity index is 1070. The fourth-order valence-corrected chi connectivity index (χ4v) is 11.5. The van der Waals surface area contributed by atoms with Gasteiger partial charge in [-0.25, -0.2) is 0 Å². The molecule has 45 heavy (non-hydrogen) atoms. The van der Waals surface area contributed by atoms with Crippen molar-refractivity contribution in [2.24, 2.45) is 57.8 Å². The van der Waals surface area contributed by atoms with Crippen LogP contribution in [0.4, 0.5) is 0 Å². The monoisotopic (exact) mass is 629 g/mol. The average Bonchev–Trinajstić information content (AvgIpc) is 3.60. The van der Waals surface area contributed by atoms with Crippen LogP contribution in [0.15, 0.2) is 0 Å². The molecule has 0 aromatic rings. The lowest BCUT2D eigenvalue weighted by Gasteiger charge is -2.61. The number of rotatable bonds is 11. The van der Waals surface area contributed by atoms with Crippen molar-refractivity contribution >= 4 is 17.7 Å². The van der Waals surface area contributed by atoms with Gasteiger partial charge in [0.05, 0.1) is 12.1 Å². The van der Waals surface area contributed by atoms with Crippen LogP contribution in [-0.2, 0) is 14.4 Å². The molecule has 12 atom stereocenters. The zero-order valence-electron chi connectivity index (χ0n) is 28.6. The van der Waals surface area contributed by atoms with E-state index in [1.165, 1.54) is 44.9 Å². The van der Waals surface area contributed by atoms with Gasteiger partial charge in [0.15, 0.2) is 0 Å². The van der Waals surface area contributed by atoms with E-state index in [0.29, 0.717) is 60.9 Å². The number of likely N-dealkylation sites (tertiary alicyclic amines) is 1. The zero-order chi connectivity index (χ0) is 32.5. The van der Waals surface area contributed by atoms with E-state index in [2.05, 4.69) is 31.4 Å². The highest BCUT2D eigenvalue weighted by atomic mass is 16.3. The van der Waals surface area contributed by atoms with Crippen molar-refractivity contribution in [2.45, 2.75) is 141 Å². The molecular weight excluding hydrogens is 566 g/mol. The van der Waals surface area contributed by atoms with Crippen LogP contribution in [0.2, 0.25) is 0 Å². The molecule has 0 radical (unpaired) electrons. The Morgan fingerprint density at radius 3 is 2.42 bits per heavy atom. The maximum Gasteiger partial charge on any atom is 0.242 e. The third-order valence-corrected chi connectivity index (χ3v) is 14.0. The molecule has 7 N–H and O–H groups in total. The van der Waals surface area contributed by atoms with Gasteiger partial charge in [0.1, 0.15) is 6.04 Å². The summed E-state index contributed by atoms with van der Waals surface area (Å²) in [7, 11) is 1.58. The number of nitrogens with two attached hydrogens (primary N) is 2. The highest BCUT2D eigenvalue weighted by Crippen LogP contribution is 2.68. The standard InChI is InChI=1S/C36H63N5O4/c1-22(8-13-32(43)40-24-20-31(33(44)39-4)41(21-24)34(45)30(38)7-5-6-18-37)27-11-12-28-26-10-9-23-19-25(42)14-16-35(23,2)29(26)15-17-36(27,28)3/h22-31,42H,5-21,37-38H2,1-4H3,(H,39,44)(H,40,43)/t22-,23?,24+,25-,26?,27-,28?,29?,30?,31+,35+,36-/m1/s1. The molecule has 256 valence electrons. The van der Waals surface area contributed by atoms with Gasteiger partial charge in [-0.15, -0.1) is 0 Å². The Hall–Kier alpha value is -1.71. The smallest absolute Gasteiger partial charge is 0.242 e. The first-order valence-electron chi connectivity index (χ1n) is 18.4. The lowest BCUT2D eigenvalue weighted by Crippen LogP contribution is -2.54. The molecule has 5 unspecified atom stereocenters. The lowest BCUT2D eigenvalue weighted by atomic mass is 9.44. The van der Waals surface area contributed by atoms with Gasteiger partial charge in [0.2, 0.25) is 17.7 Å². The maximum absolute atomic E-state index is 13.2. The molecule has 1 aliphatic heterocycles. The highest BCUT2D eigenvalue weighted by Gasteiger charge is 2.60. The van der Waals surface area contributed by atoms with Crippen molar-refractivity contribution in [3.05, 3.63) is 0 Å². The van der Waals surface area contributed by atoms with E-state index < -0.39 is 12.1 Å². The molecular formula is C36H63N5O4. The molecule has 9 nitrogen and oxygen atoms in total. The summed E-state index contributed by atoms with van der Waals surface area (Å²) in [4.78, 5) is 40.6. The van der Waals surface area contributed by atoms with Crippen molar-refractivity contribution < 1.29 is 19.5 Å². The van der Waals surface area contributed by atoms with Gasteiger partial charge in [-0.2, -0.15) is 0 Å². The first kappa shape index (κ1) is 34.6. The summed E-state index contributed by atoms with van der Waals surface area (Å²) in [6.45, 7) is 8.37. The number of hydrogen-bond acceptors (Lipinski definition) is 6. The Morgan fingerprint density at radius 2 is 1.69 bits per heavy atom. The van der Waals surface area contributed by atoms with Crippen molar-refractivity contribution in [1.82, 2.24) is 15.5 Å². The molecule has 1 heterocycles. The SMILES string of the molecule is CNC(=O)[C@@H]1C[C@H](NC(=O)CC[C@@H](C)[C@H]2CCC3C4CCC5C[C@H](O)CC[C@]5(C)C4CC[C@@]32C)CN1C(=O)C(N)CCCCN. The molecule has 0 aromatic carbocycles. The molecule has 5 aliphatic rings. The number of nitrogens with one attached hydrogen (secondary N) is 2. The molecule has 0 bridgehead atoms. The number of hydrogen-bond donors (Lipinski definition) is 5. The molecule has 9 heteroatoms. The fraction of sp³-hybridized carbons (Fsp3) is 0.917. The second-order valence-corrected chi connectivity index (χ2v) is 16.3. The van der Waals surface area contributed by atoms with Crippen LogP contribution >= 0.6 is 0 Å². The van der Waals surface area contributed by atoms with Gasteiger partial charge in [-0.05, 0) is 136 Å². The average molecular weight is 630 g/mol.